The van der Waals surface area contributed by atoms with E-state index in [0.717, 1.165) is 17.3 Å². The molecule has 0 saturated heterocycles. The van der Waals surface area contributed by atoms with Crippen molar-refractivity contribution in [3.63, 3.8) is 0 Å². The van der Waals surface area contributed by atoms with Gasteiger partial charge in [-0.25, -0.2) is 0 Å². The summed E-state index contributed by atoms with van der Waals surface area (Å²) in [6, 6.07) is 7.51. The maximum absolute atomic E-state index is 12.2. The zero-order valence-electron chi connectivity index (χ0n) is 9.73. The first-order valence-electron chi connectivity index (χ1n) is 5.22. The topological polar surface area (TPSA) is 40.9 Å². The SMILES string of the molecule is Cc1cccc(C(=O)C(SC#N)C(C)C)c1. The molecule has 1 rings (SSSR count). The predicted molar refractivity (Wildman–Crippen MR) is 67.3 cm³/mol. The Morgan fingerprint density at radius 3 is 2.62 bits per heavy atom. The van der Waals surface area contributed by atoms with Crippen molar-refractivity contribution in [2.24, 2.45) is 5.92 Å². The highest BCUT2D eigenvalue weighted by molar-refractivity contribution is 8.05. The third-order valence-electron chi connectivity index (χ3n) is 2.35. The first-order valence-corrected chi connectivity index (χ1v) is 6.10. The fourth-order valence-corrected chi connectivity index (χ4v) is 2.14. The maximum Gasteiger partial charge on any atom is 0.177 e. The number of carbonyl (C=O) groups is 1. The van der Waals surface area contributed by atoms with Gasteiger partial charge in [0.2, 0.25) is 0 Å². The number of benzene rings is 1. The van der Waals surface area contributed by atoms with Gasteiger partial charge in [0.1, 0.15) is 5.40 Å². The van der Waals surface area contributed by atoms with Crippen LogP contribution >= 0.6 is 11.8 Å². The quantitative estimate of drug-likeness (QED) is 0.591. The standard InChI is InChI=1S/C13H15NOS/c1-9(2)13(16-8-14)12(15)11-6-4-5-10(3)7-11/h4-7,9,13H,1-3H3. The summed E-state index contributed by atoms with van der Waals surface area (Å²) in [7, 11) is 0. The van der Waals surface area contributed by atoms with Crippen molar-refractivity contribution in [3.8, 4) is 5.40 Å². The molecule has 1 aromatic carbocycles. The van der Waals surface area contributed by atoms with Crippen molar-refractivity contribution in [1.29, 1.82) is 5.26 Å². The van der Waals surface area contributed by atoms with E-state index in [1.165, 1.54) is 0 Å². The van der Waals surface area contributed by atoms with Gasteiger partial charge in [-0.2, -0.15) is 5.26 Å². The van der Waals surface area contributed by atoms with E-state index in [0.29, 0.717) is 5.56 Å². The second-order valence-electron chi connectivity index (χ2n) is 4.11. The van der Waals surface area contributed by atoms with Gasteiger partial charge >= 0.3 is 0 Å². The van der Waals surface area contributed by atoms with E-state index in [1.807, 2.05) is 50.4 Å². The number of rotatable bonds is 4. The molecule has 0 radical (unpaired) electrons. The molecule has 0 amide bonds. The lowest BCUT2D eigenvalue weighted by Crippen LogP contribution is -2.22. The van der Waals surface area contributed by atoms with Gasteiger partial charge in [0.25, 0.3) is 0 Å². The van der Waals surface area contributed by atoms with Gasteiger partial charge in [-0.05, 0) is 30.7 Å². The summed E-state index contributed by atoms with van der Waals surface area (Å²) in [4.78, 5) is 12.2. The fraction of sp³-hybridized carbons (Fsp3) is 0.385. The summed E-state index contributed by atoms with van der Waals surface area (Å²) in [6.45, 7) is 5.88. The molecular formula is C13H15NOS. The highest BCUT2D eigenvalue weighted by Gasteiger charge is 2.24. The molecule has 0 aliphatic heterocycles. The summed E-state index contributed by atoms with van der Waals surface area (Å²) >= 11 is 1.05. The van der Waals surface area contributed by atoms with E-state index in [2.05, 4.69) is 0 Å². The van der Waals surface area contributed by atoms with Gasteiger partial charge < -0.3 is 0 Å². The number of carbonyl (C=O) groups excluding carboxylic acids is 1. The fourth-order valence-electron chi connectivity index (χ4n) is 1.51. The Balaban J connectivity index is 2.95. The van der Waals surface area contributed by atoms with Gasteiger partial charge in [-0.1, -0.05) is 37.6 Å². The molecule has 0 spiro atoms. The van der Waals surface area contributed by atoms with Crippen LogP contribution < -0.4 is 0 Å². The van der Waals surface area contributed by atoms with E-state index in [4.69, 9.17) is 5.26 Å². The molecule has 0 heterocycles. The van der Waals surface area contributed by atoms with Crippen molar-refractivity contribution in [2.45, 2.75) is 26.0 Å². The Kier molecular flexibility index (Phi) is 4.57. The number of ketones is 1. The van der Waals surface area contributed by atoms with Crippen molar-refractivity contribution < 1.29 is 4.79 Å². The van der Waals surface area contributed by atoms with Gasteiger partial charge in [0.05, 0.1) is 5.25 Å². The van der Waals surface area contributed by atoms with E-state index < -0.39 is 0 Å². The molecule has 0 aliphatic rings. The van der Waals surface area contributed by atoms with Crippen LogP contribution in [0.4, 0.5) is 0 Å². The van der Waals surface area contributed by atoms with Crippen LogP contribution in [0.1, 0.15) is 29.8 Å². The van der Waals surface area contributed by atoms with Crippen LogP contribution in [0, 0.1) is 23.5 Å². The number of thioether (sulfide) groups is 1. The van der Waals surface area contributed by atoms with Crippen LogP contribution in [0.3, 0.4) is 0 Å². The third-order valence-corrected chi connectivity index (χ3v) is 3.46. The van der Waals surface area contributed by atoms with Gasteiger partial charge in [0, 0.05) is 5.56 Å². The monoisotopic (exact) mass is 233 g/mol. The van der Waals surface area contributed by atoms with E-state index >= 15 is 0 Å². The molecule has 0 fully saturated rings. The van der Waals surface area contributed by atoms with Gasteiger partial charge in [-0.3, -0.25) is 4.79 Å². The molecule has 0 bridgehead atoms. The Bertz CT molecular complexity index is 420. The summed E-state index contributed by atoms with van der Waals surface area (Å²) in [5, 5.41) is 10.4. The van der Waals surface area contributed by atoms with Gasteiger partial charge in [-0.15, -0.1) is 0 Å². The number of nitrogens with zero attached hydrogens (tertiary/aromatic N) is 1. The first kappa shape index (κ1) is 12.8. The number of hydrogen-bond acceptors (Lipinski definition) is 3. The van der Waals surface area contributed by atoms with E-state index in [-0.39, 0.29) is 17.0 Å². The number of nitriles is 1. The number of hydrogen-bond donors (Lipinski definition) is 0. The van der Waals surface area contributed by atoms with Crippen molar-refractivity contribution in [1.82, 2.24) is 0 Å². The molecular weight excluding hydrogens is 218 g/mol. The van der Waals surface area contributed by atoms with Crippen LogP contribution in [0.25, 0.3) is 0 Å². The summed E-state index contributed by atoms with van der Waals surface area (Å²) in [5.74, 6) is 0.211. The average molecular weight is 233 g/mol. The lowest BCUT2D eigenvalue weighted by molar-refractivity contribution is 0.0976. The lowest BCUT2D eigenvalue weighted by Gasteiger charge is -2.15. The van der Waals surface area contributed by atoms with Crippen molar-refractivity contribution in [3.05, 3.63) is 35.4 Å². The normalized spacial score (nSPS) is 12.2. The zero-order valence-corrected chi connectivity index (χ0v) is 10.5. The Morgan fingerprint density at radius 1 is 1.44 bits per heavy atom. The molecule has 16 heavy (non-hydrogen) atoms. The minimum Gasteiger partial charge on any atom is -0.293 e. The molecule has 1 aromatic rings. The largest absolute Gasteiger partial charge is 0.293 e. The number of aryl methyl sites for hydroxylation is 1. The Labute approximate surface area is 101 Å². The molecule has 2 nitrogen and oxygen atoms in total. The summed E-state index contributed by atoms with van der Waals surface area (Å²) in [6.07, 6.45) is 0. The third kappa shape index (κ3) is 3.11. The molecule has 0 aromatic heterocycles. The summed E-state index contributed by atoms with van der Waals surface area (Å²) in [5.41, 5.74) is 1.76. The van der Waals surface area contributed by atoms with Crippen molar-refractivity contribution >= 4 is 17.5 Å². The van der Waals surface area contributed by atoms with E-state index in [9.17, 15) is 4.79 Å². The highest BCUT2D eigenvalue weighted by Crippen LogP contribution is 2.23. The Morgan fingerprint density at radius 2 is 2.12 bits per heavy atom. The number of thiocyanates is 1. The molecule has 1 unspecified atom stereocenters. The molecule has 1 atom stereocenters. The maximum atomic E-state index is 12.2. The summed E-state index contributed by atoms with van der Waals surface area (Å²) < 4.78 is 0. The molecule has 0 N–H and O–H groups in total. The van der Waals surface area contributed by atoms with Gasteiger partial charge in [0.15, 0.2) is 5.78 Å². The first-order chi connectivity index (χ1) is 7.56. The van der Waals surface area contributed by atoms with Crippen LogP contribution in [0.5, 0.6) is 0 Å². The van der Waals surface area contributed by atoms with Crippen LogP contribution in [-0.2, 0) is 0 Å². The molecule has 0 saturated carbocycles. The lowest BCUT2D eigenvalue weighted by atomic mass is 9.99. The number of Topliss-reactive ketones (excluding diaryl/α,β-unsaturated/α-hetero) is 1. The molecule has 3 heteroatoms. The predicted octanol–water partition coefficient (Wildman–Crippen LogP) is 3.42. The minimum atomic E-state index is -0.271. The van der Waals surface area contributed by atoms with E-state index in [1.54, 1.807) is 0 Å². The zero-order chi connectivity index (χ0) is 12.1. The second-order valence-corrected chi connectivity index (χ2v) is 5.03. The van der Waals surface area contributed by atoms with Crippen molar-refractivity contribution in [2.75, 3.05) is 0 Å². The smallest absolute Gasteiger partial charge is 0.177 e. The molecule has 84 valence electrons. The van der Waals surface area contributed by atoms with Crippen LogP contribution in [-0.4, -0.2) is 11.0 Å². The average Bonchev–Trinajstić information content (AvgIpc) is 2.24. The highest BCUT2D eigenvalue weighted by atomic mass is 32.2. The second kappa shape index (κ2) is 5.72. The minimum absolute atomic E-state index is 0.0465. The van der Waals surface area contributed by atoms with Crippen LogP contribution in [0.15, 0.2) is 24.3 Å². The Hall–Kier alpha value is -1.27. The molecule has 0 aliphatic carbocycles. The van der Waals surface area contributed by atoms with Crippen LogP contribution in [0.2, 0.25) is 0 Å².